The molecule has 16 nitrogen and oxygen atoms in total. The number of likely N-dealkylation sites (tertiary alicyclic amines) is 2. The fraction of sp³-hybridized carbons (Fsp3) is 0.883. The van der Waals surface area contributed by atoms with Gasteiger partial charge in [-0.2, -0.15) is 0 Å². The molecule has 0 bridgehead atoms. The summed E-state index contributed by atoms with van der Waals surface area (Å²) in [5.41, 5.74) is 0. The largest absolute Gasteiger partial charge is 0.465 e. The maximum Gasteiger partial charge on any atom is 0.410 e. The summed E-state index contributed by atoms with van der Waals surface area (Å²) in [4.78, 5) is 95.7. The van der Waals surface area contributed by atoms with Crippen molar-refractivity contribution in [3.63, 3.8) is 0 Å². The average Bonchev–Trinajstić information content (AvgIpc) is 3.82. The molecule has 2 rings (SSSR count). The van der Waals surface area contributed by atoms with Crippen molar-refractivity contribution in [2.24, 2.45) is 11.8 Å². The van der Waals surface area contributed by atoms with Gasteiger partial charge in [0.1, 0.15) is 12.7 Å². The highest BCUT2D eigenvalue weighted by atomic mass is 16.6. The first kappa shape index (κ1) is 68.2. The molecule has 0 N–H and O–H groups in total. The minimum atomic E-state index is -0.770. The molecule has 0 saturated carbocycles. The van der Waals surface area contributed by atoms with Crippen LogP contribution in [0.15, 0.2) is 0 Å². The molecular weight excluding hydrogens is 973 g/mol. The van der Waals surface area contributed by atoms with Crippen LogP contribution in [0.4, 0.5) is 4.79 Å². The van der Waals surface area contributed by atoms with Crippen molar-refractivity contribution in [2.75, 3.05) is 65.8 Å². The topological polar surface area (TPSA) is 191 Å². The Labute approximate surface area is 459 Å². The number of esters is 6. The number of piperidine rings is 1. The fourth-order valence-electron chi connectivity index (χ4n) is 9.67. The number of carbonyl (C=O) groups is 7. The summed E-state index contributed by atoms with van der Waals surface area (Å²) in [6.45, 7) is 11.0. The molecule has 0 radical (unpaired) electrons. The van der Waals surface area contributed by atoms with Crippen molar-refractivity contribution < 1.29 is 66.7 Å². The molecule has 0 aromatic rings. The van der Waals surface area contributed by atoms with Gasteiger partial charge in [-0.1, -0.05) is 163 Å². The van der Waals surface area contributed by atoms with E-state index in [0.29, 0.717) is 32.1 Å². The third-order valence-electron chi connectivity index (χ3n) is 14.4. The highest BCUT2D eigenvalue weighted by Gasteiger charge is 2.39. The van der Waals surface area contributed by atoms with Crippen LogP contribution >= 0.6 is 0 Å². The lowest BCUT2D eigenvalue weighted by atomic mass is 10.1. The van der Waals surface area contributed by atoms with Gasteiger partial charge in [0.15, 0.2) is 0 Å². The number of nitrogens with zero attached hydrogens (tertiary/aromatic N) is 2. The van der Waals surface area contributed by atoms with E-state index in [4.69, 9.17) is 33.2 Å². The third kappa shape index (κ3) is 36.2. The molecule has 76 heavy (non-hydrogen) atoms. The molecule has 2 saturated heterocycles. The molecule has 0 aromatic carbocycles. The minimum Gasteiger partial charge on any atom is -0.465 e. The Hall–Kier alpha value is -3.95. The summed E-state index contributed by atoms with van der Waals surface area (Å²) in [6.07, 6.45) is 28.1. The zero-order valence-corrected chi connectivity index (χ0v) is 48.2. The van der Waals surface area contributed by atoms with E-state index in [9.17, 15) is 33.6 Å². The number of rotatable bonds is 47. The summed E-state index contributed by atoms with van der Waals surface area (Å²) in [5, 5.41) is 0. The maximum absolute atomic E-state index is 13.7. The number of hydrogen-bond acceptors (Lipinski definition) is 15. The van der Waals surface area contributed by atoms with Crippen LogP contribution in [0.1, 0.15) is 252 Å². The zero-order chi connectivity index (χ0) is 55.3. The van der Waals surface area contributed by atoms with Gasteiger partial charge in [0, 0.05) is 50.5 Å². The summed E-state index contributed by atoms with van der Waals surface area (Å²) >= 11 is 0. The lowest BCUT2D eigenvalue weighted by Crippen LogP contribution is -2.40. The normalized spacial score (nSPS) is 15.7. The summed E-state index contributed by atoms with van der Waals surface area (Å²) in [5.74, 6) is -4.01. The van der Waals surface area contributed by atoms with Gasteiger partial charge in [0.05, 0.1) is 58.5 Å². The Morgan fingerprint density at radius 1 is 0.421 bits per heavy atom. The zero-order valence-electron chi connectivity index (χ0n) is 48.2. The van der Waals surface area contributed by atoms with Gasteiger partial charge in [0.2, 0.25) is 0 Å². The van der Waals surface area contributed by atoms with Crippen molar-refractivity contribution in [1.29, 1.82) is 0 Å². The number of carbonyl (C=O) groups excluding carboxylic acids is 7. The van der Waals surface area contributed by atoms with Gasteiger partial charge >= 0.3 is 41.9 Å². The van der Waals surface area contributed by atoms with Crippen molar-refractivity contribution in [2.45, 2.75) is 265 Å². The summed E-state index contributed by atoms with van der Waals surface area (Å²) in [6, 6.07) is -0.693. The van der Waals surface area contributed by atoms with Crippen LogP contribution in [-0.4, -0.2) is 130 Å². The van der Waals surface area contributed by atoms with E-state index in [-0.39, 0.29) is 115 Å². The molecule has 2 aliphatic heterocycles. The van der Waals surface area contributed by atoms with Gasteiger partial charge in [-0.3, -0.25) is 33.7 Å². The van der Waals surface area contributed by atoms with Gasteiger partial charge in [-0.15, -0.1) is 0 Å². The van der Waals surface area contributed by atoms with Crippen molar-refractivity contribution in [3.05, 3.63) is 0 Å². The second-order valence-electron chi connectivity index (χ2n) is 21.7. The molecule has 16 heteroatoms. The molecule has 0 aromatic heterocycles. The molecule has 1 amide bonds. The van der Waals surface area contributed by atoms with Crippen molar-refractivity contribution in [1.82, 2.24) is 9.80 Å². The van der Waals surface area contributed by atoms with Crippen molar-refractivity contribution in [3.8, 4) is 0 Å². The van der Waals surface area contributed by atoms with Gasteiger partial charge in [-0.25, -0.2) is 4.79 Å². The second-order valence-corrected chi connectivity index (χ2v) is 21.7. The molecular formula is C60H106N2O14. The summed E-state index contributed by atoms with van der Waals surface area (Å²) in [7, 11) is 0. The first-order valence-electron chi connectivity index (χ1n) is 30.6. The molecule has 0 unspecified atom stereocenters. The molecule has 0 aliphatic carbocycles. The quantitative estimate of drug-likeness (QED) is 0.0317. The van der Waals surface area contributed by atoms with Crippen LogP contribution in [0, 0.1) is 11.8 Å². The van der Waals surface area contributed by atoms with Crippen molar-refractivity contribution >= 4 is 41.9 Å². The number of unbranched alkanes of at least 4 members (excludes halogenated alkanes) is 20. The smallest absolute Gasteiger partial charge is 0.410 e. The standard InChI is InChI=1S/C60H106N2O14/c1-5-9-13-17-21-26-33-54(63)71-45-50(46-72-55(64)34-27-22-18-14-10-6-2)41-58(67)75-49-52-43-53(44-62(52)60(69)70-40-32-39-61-37-30-25-31-38-61)76-59(68)42-51(47-73-56(65)35-28-23-19-15-11-7-3)48-74-57(66)36-29-24-20-16-12-8-4/h50-53H,5-49H2,1-4H3/t52-,53+/m0/s1. The Balaban J connectivity index is 2.12. The molecule has 2 atom stereocenters. The highest BCUT2D eigenvalue weighted by molar-refractivity contribution is 5.73. The van der Waals surface area contributed by atoms with E-state index < -0.39 is 42.0 Å². The van der Waals surface area contributed by atoms with E-state index in [1.807, 2.05) is 0 Å². The highest BCUT2D eigenvalue weighted by Crippen LogP contribution is 2.25. The maximum atomic E-state index is 13.7. The van der Waals surface area contributed by atoms with Crippen LogP contribution < -0.4 is 0 Å². The average molecular weight is 1080 g/mol. The van der Waals surface area contributed by atoms with Crippen LogP contribution in [0.25, 0.3) is 0 Å². The first-order chi connectivity index (χ1) is 37.0. The fourth-order valence-corrected chi connectivity index (χ4v) is 9.67. The Kier molecular flexibility index (Phi) is 41.3. The monoisotopic (exact) mass is 1080 g/mol. The predicted octanol–water partition coefficient (Wildman–Crippen LogP) is 12.7. The van der Waals surface area contributed by atoms with Gasteiger partial charge < -0.3 is 38.1 Å². The van der Waals surface area contributed by atoms with Gasteiger partial charge in [-0.05, 0) is 58.0 Å². The van der Waals surface area contributed by atoms with Crippen LogP contribution in [-0.2, 0) is 61.9 Å². The van der Waals surface area contributed by atoms with E-state index in [0.717, 1.165) is 161 Å². The Morgan fingerprint density at radius 3 is 1.21 bits per heavy atom. The van der Waals surface area contributed by atoms with Gasteiger partial charge in [0.25, 0.3) is 0 Å². The van der Waals surface area contributed by atoms with Crippen LogP contribution in [0.2, 0.25) is 0 Å². The Bertz CT molecular complexity index is 1490. The molecule has 2 fully saturated rings. The van der Waals surface area contributed by atoms with E-state index in [2.05, 4.69) is 32.6 Å². The molecule has 2 heterocycles. The number of ether oxygens (including phenoxy) is 7. The molecule has 440 valence electrons. The van der Waals surface area contributed by atoms with Crippen LogP contribution in [0.3, 0.4) is 0 Å². The second kappa shape index (κ2) is 46.0. The third-order valence-corrected chi connectivity index (χ3v) is 14.4. The summed E-state index contributed by atoms with van der Waals surface area (Å²) < 4.78 is 39.9. The minimum absolute atomic E-state index is 0.00416. The van der Waals surface area contributed by atoms with E-state index in [1.54, 1.807) is 0 Å². The lowest BCUT2D eigenvalue weighted by molar-refractivity contribution is -0.157. The first-order valence-corrected chi connectivity index (χ1v) is 30.6. The molecule has 2 aliphatic rings. The predicted molar refractivity (Wildman–Crippen MR) is 294 cm³/mol. The Morgan fingerprint density at radius 2 is 0.803 bits per heavy atom. The number of hydrogen-bond donors (Lipinski definition) is 0. The van der Waals surface area contributed by atoms with E-state index >= 15 is 0 Å². The molecule has 0 spiro atoms. The lowest BCUT2D eigenvalue weighted by Gasteiger charge is -2.27. The SMILES string of the molecule is CCCCCCCCC(=O)OCC(COC(=O)CCCCCCCC)CC(=O)OC[C@@H]1C[C@@H](OC(=O)CC(COC(=O)CCCCCCCC)COC(=O)CCCCCCCC)CN1C(=O)OCCCN1CCCCC1. The van der Waals surface area contributed by atoms with E-state index in [1.165, 1.54) is 11.3 Å². The number of amides is 1. The van der Waals surface area contributed by atoms with Crippen LogP contribution in [0.5, 0.6) is 0 Å².